The summed E-state index contributed by atoms with van der Waals surface area (Å²) >= 11 is 0. The van der Waals surface area contributed by atoms with E-state index in [4.69, 9.17) is 28.4 Å². The maximum Gasteiger partial charge on any atom is 0.338 e. The highest BCUT2D eigenvalue weighted by molar-refractivity contribution is 5.90. The Morgan fingerprint density at radius 1 is 0.767 bits per heavy atom. The minimum absolute atomic E-state index is 0.158. The third kappa shape index (κ3) is 9.66. The summed E-state index contributed by atoms with van der Waals surface area (Å²) in [7, 11) is 0. The van der Waals surface area contributed by atoms with Gasteiger partial charge in [-0.25, -0.2) is 14.4 Å². The van der Waals surface area contributed by atoms with Crippen molar-refractivity contribution in [3.8, 4) is 5.75 Å². The Hall–Kier alpha value is -3.69. The molecular formula is C34H42O9. The Kier molecular flexibility index (Phi) is 12.6. The molecule has 0 aromatic heterocycles. The van der Waals surface area contributed by atoms with Gasteiger partial charge in [0, 0.05) is 6.08 Å². The van der Waals surface area contributed by atoms with Crippen LogP contribution in [0.15, 0.2) is 61.2 Å². The average molecular weight is 595 g/mol. The molecule has 43 heavy (non-hydrogen) atoms. The smallest absolute Gasteiger partial charge is 0.338 e. The molecular weight excluding hydrogens is 552 g/mol. The van der Waals surface area contributed by atoms with Crippen molar-refractivity contribution in [1.82, 2.24) is 0 Å². The molecule has 0 N–H and O–H groups in total. The van der Waals surface area contributed by atoms with Crippen LogP contribution in [0, 0.1) is 0 Å². The Labute approximate surface area is 253 Å². The SMILES string of the molecule is C=CC(=O)OCCCCOc1ccc(C(=O)O[C@H]2CO[C@H]3C2OC[C@H]3OC(=O)c2ccc(CCCCCCC)cc2)cc1. The van der Waals surface area contributed by atoms with Crippen LogP contribution in [0.3, 0.4) is 0 Å². The summed E-state index contributed by atoms with van der Waals surface area (Å²) in [6.45, 7) is 6.65. The topological polar surface area (TPSA) is 107 Å². The van der Waals surface area contributed by atoms with Crippen LogP contribution in [-0.2, 0) is 34.9 Å². The molecule has 1 unspecified atom stereocenters. The second-order valence-corrected chi connectivity index (χ2v) is 10.8. The first-order chi connectivity index (χ1) is 21.0. The van der Waals surface area contributed by atoms with Gasteiger partial charge in [-0.2, -0.15) is 0 Å². The van der Waals surface area contributed by atoms with Crippen LogP contribution < -0.4 is 4.74 Å². The van der Waals surface area contributed by atoms with E-state index in [0.29, 0.717) is 42.9 Å². The van der Waals surface area contributed by atoms with E-state index < -0.39 is 42.3 Å². The number of carbonyl (C=O) groups excluding carboxylic acids is 3. The zero-order chi connectivity index (χ0) is 30.4. The molecule has 4 atom stereocenters. The van der Waals surface area contributed by atoms with Gasteiger partial charge in [-0.15, -0.1) is 0 Å². The fourth-order valence-corrected chi connectivity index (χ4v) is 5.10. The number of ether oxygens (including phenoxy) is 6. The van der Waals surface area contributed by atoms with E-state index in [1.807, 2.05) is 12.1 Å². The maximum absolute atomic E-state index is 12.8. The van der Waals surface area contributed by atoms with E-state index in [-0.39, 0.29) is 13.2 Å². The minimum Gasteiger partial charge on any atom is -0.494 e. The molecule has 2 aliphatic heterocycles. The van der Waals surface area contributed by atoms with E-state index in [2.05, 4.69) is 13.5 Å². The van der Waals surface area contributed by atoms with Gasteiger partial charge in [0.1, 0.15) is 18.0 Å². The quantitative estimate of drug-likeness (QED) is 0.0996. The predicted molar refractivity (Wildman–Crippen MR) is 159 cm³/mol. The highest BCUT2D eigenvalue weighted by Crippen LogP contribution is 2.31. The molecule has 0 radical (unpaired) electrons. The van der Waals surface area contributed by atoms with Crippen LogP contribution in [0.1, 0.15) is 78.1 Å². The van der Waals surface area contributed by atoms with E-state index >= 15 is 0 Å². The third-order valence-electron chi connectivity index (χ3n) is 7.55. The Bertz CT molecular complexity index is 1190. The first-order valence-corrected chi connectivity index (χ1v) is 15.2. The summed E-state index contributed by atoms with van der Waals surface area (Å²) in [6.07, 6.45) is 7.46. The second kappa shape index (κ2) is 16.8. The van der Waals surface area contributed by atoms with Crippen LogP contribution in [0.2, 0.25) is 0 Å². The Morgan fingerprint density at radius 3 is 1.91 bits per heavy atom. The van der Waals surface area contributed by atoms with Gasteiger partial charge < -0.3 is 28.4 Å². The first-order valence-electron chi connectivity index (χ1n) is 15.2. The zero-order valence-electron chi connectivity index (χ0n) is 24.9. The maximum atomic E-state index is 12.8. The Balaban J connectivity index is 1.17. The van der Waals surface area contributed by atoms with Crippen molar-refractivity contribution in [3.05, 3.63) is 77.9 Å². The normalized spacial score (nSPS) is 20.7. The van der Waals surface area contributed by atoms with Crippen molar-refractivity contribution in [2.24, 2.45) is 0 Å². The summed E-state index contributed by atoms with van der Waals surface area (Å²) in [4.78, 5) is 36.6. The van der Waals surface area contributed by atoms with Gasteiger partial charge >= 0.3 is 17.9 Å². The van der Waals surface area contributed by atoms with Gasteiger partial charge in [-0.3, -0.25) is 0 Å². The average Bonchev–Trinajstić information content (AvgIpc) is 3.62. The summed E-state index contributed by atoms with van der Waals surface area (Å²) in [5.41, 5.74) is 2.07. The van der Waals surface area contributed by atoms with Crippen molar-refractivity contribution in [3.63, 3.8) is 0 Å². The summed E-state index contributed by atoms with van der Waals surface area (Å²) in [6, 6.07) is 14.2. The molecule has 2 aromatic rings. The van der Waals surface area contributed by atoms with E-state index in [9.17, 15) is 14.4 Å². The molecule has 9 heteroatoms. The van der Waals surface area contributed by atoms with E-state index in [1.54, 1.807) is 36.4 Å². The van der Waals surface area contributed by atoms with Crippen LogP contribution in [0.5, 0.6) is 5.75 Å². The molecule has 232 valence electrons. The number of hydrogen-bond donors (Lipinski definition) is 0. The number of carbonyl (C=O) groups is 3. The van der Waals surface area contributed by atoms with Gasteiger partial charge in [0.15, 0.2) is 12.2 Å². The van der Waals surface area contributed by atoms with Crippen molar-refractivity contribution in [1.29, 1.82) is 0 Å². The van der Waals surface area contributed by atoms with Gasteiger partial charge in [0.05, 0.1) is 37.6 Å². The number of unbranched alkanes of at least 4 members (excludes halogenated alkanes) is 5. The molecule has 0 bridgehead atoms. The van der Waals surface area contributed by atoms with Crippen molar-refractivity contribution >= 4 is 17.9 Å². The molecule has 0 amide bonds. The van der Waals surface area contributed by atoms with Crippen LogP contribution in [-0.4, -0.2) is 68.8 Å². The lowest BCUT2D eigenvalue weighted by atomic mass is 10.0. The van der Waals surface area contributed by atoms with Crippen molar-refractivity contribution in [2.45, 2.75) is 82.7 Å². The fraction of sp³-hybridized carbons (Fsp3) is 0.500. The molecule has 2 heterocycles. The van der Waals surface area contributed by atoms with Crippen LogP contribution in [0.25, 0.3) is 0 Å². The summed E-state index contributed by atoms with van der Waals surface area (Å²) < 4.78 is 33.7. The van der Waals surface area contributed by atoms with E-state index in [1.165, 1.54) is 31.2 Å². The number of hydrogen-bond acceptors (Lipinski definition) is 9. The lowest BCUT2D eigenvalue weighted by Gasteiger charge is -2.17. The van der Waals surface area contributed by atoms with Crippen molar-refractivity contribution in [2.75, 3.05) is 26.4 Å². The lowest BCUT2D eigenvalue weighted by molar-refractivity contribution is -0.137. The van der Waals surface area contributed by atoms with Crippen molar-refractivity contribution < 1.29 is 42.8 Å². The van der Waals surface area contributed by atoms with Gasteiger partial charge in [0.25, 0.3) is 0 Å². The van der Waals surface area contributed by atoms with Gasteiger partial charge in [-0.1, -0.05) is 51.3 Å². The number of rotatable bonds is 17. The molecule has 9 nitrogen and oxygen atoms in total. The molecule has 2 aromatic carbocycles. The molecule has 2 aliphatic rings. The predicted octanol–water partition coefficient (Wildman–Crippen LogP) is 5.64. The number of fused-ring (bicyclic) bond motifs is 1. The molecule has 0 spiro atoms. The van der Waals surface area contributed by atoms with Gasteiger partial charge in [-0.05, 0) is 67.6 Å². The minimum atomic E-state index is -0.607. The summed E-state index contributed by atoms with van der Waals surface area (Å²) in [5, 5.41) is 0. The fourth-order valence-electron chi connectivity index (χ4n) is 5.10. The van der Waals surface area contributed by atoms with Crippen LogP contribution in [0.4, 0.5) is 0 Å². The first kappa shape index (κ1) is 32.2. The second-order valence-electron chi connectivity index (χ2n) is 10.8. The van der Waals surface area contributed by atoms with E-state index in [0.717, 1.165) is 18.9 Å². The number of benzene rings is 2. The molecule has 2 fully saturated rings. The third-order valence-corrected chi connectivity index (χ3v) is 7.55. The molecule has 4 rings (SSSR count). The molecule has 0 aliphatic carbocycles. The number of esters is 3. The monoisotopic (exact) mass is 594 g/mol. The zero-order valence-corrected chi connectivity index (χ0v) is 24.9. The van der Waals surface area contributed by atoms with Gasteiger partial charge in [0.2, 0.25) is 0 Å². The highest BCUT2D eigenvalue weighted by Gasteiger charge is 2.51. The Morgan fingerprint density at radius 2 is 1.33 bits per heavy atom. The highest BCUT2D eigenvalue weighted by atomic mass is 16.7. The van der Waals surface area contributed by atoms with Crippen LogP contribution >= 0.6 is 0 Å². The molecule has 2 saturated heterocycles. The largest absolute Gasteiger partial charge is 0.494 e. The standard InChI is InChI=1S/C34H42O9/c1-3-5-6-7-8-11-24-12-14-25(15-13-24)33(36)42-28-22-40-32-29(23-41-31(28)32)43-34(37)26-16-18-27(19-17-26)38-20-9-10-21-39-30(35)4-2/h4,12-19,28-29,31-32H,2-3,5-11,20-23H2,1H3/t28-,29+,31-,32?/m1/s1. The number of aryl methyl sites for hydroxylation is 1. The lowest BCUT2D eigenvalue weighted by Crippen LogP contribution is -2.36. The summed E-state index contributed by atoms with van der Waals surface area (Å²) in [5.74, 6) is -0.749. The molecule has 0 saturated carbocycles.